The van der Waals surface area contributed by atoms with Crippen molar-refractivity contribution in [2.24, 2.45) is 0 Å². The summed E-state index contributed by atoms with van der Waals surface area (Å²) in [5.74, 6) is 2.17. The normalized spacial score (nSPS) is 12.3. The van der Waals surface area contributed by atoms with E-state index in [0.717, 1.165) is 23.6 Å². The molecule has 9 heteroatoms. The second kappa shape index (κ2) is 10.1. The molecule has 3 aromatic rings. The van der Waals surface area contributed by atoms with Crippen LogP contribution in [0.1, 0.15) is 12.6 Å². The van der Waals surface area contributed by atoms with Gasteiger partial charge in [0.25, 0.3) is 5.56 Å². The van der Waals surface area contributed by atoms with Crippen LogP contribution in [-0.4, -0.2) is 40.7 Å². The van der Waals surface area contributed by atoms with Crippen LogP contribution in [0.25, 0.3) is 5.69 Å². The van der Waals surface area contributed by atoms with Gasteiger partial charge in [-0.15, -0.1) is 11.8 Å². The highest BCUT2D eigenvalue weighted by molar-refractivity contribution is 8.00. The van der Waals surface area contributed by atoms with Crippen LogP contribution in [-0.2, 0) is 11.2 Å². The number of fused-ring (bicyclic) bond motifs is 1. The van der Waals surface area contributed by atoms with Crippen molar-refractivity contribution in [2.75, 3.05) is 30.5 Å². The quantitative estimate of drug-likeness (QED) is 0.394. The first-order valence-electron chi connectivity index (χ1n) is 10.2. The third-order valence-electron chi connectivity index (χ3n) is 4.76. The first-order valence-corrected chi connectivity index (χ1v) is 12.1. The summed E-state index contributed by atoms with van der Waals surface area (Å²) in [6.07, 6.45) is 0.750. The predicted molar refractivity (Wildman–Crippen MR) is 128 cm³/mol. The standard InChI is InChI=1S/C23H23N3O4S2/c1-3-30-17-9-7-15(8-10-17)24-20(27)14-32-23-25-19-11-12-31-21(19)22(28)26(23)16-5-4-6-18(13-16)29-2/h4-10,13H,3,11-12,14H2,1-2H3,(H,24,27). The number of thioether (sulfide) groups is 2. The number of aromatic nitrogens is 2. The first kappa shape index (κ1) is 22.3. The molecule has 0 bridgehead atoms. The number of nitrogens with zero attached hydrogens (tertiary/aromatic N) is 2. The largest absolute Gasteiger partial charge is 0.497 e. The lowest BCUT2D eigenvalue weighted by Gasteiger charge is -2.14. The summed E-state index contributed by atoms with van der Waals surface area (Å²) in [6, 6.07) is 14.5. The van der Waals surface area contributed by atoms with Crippen LogP contribution in [0.15, 0.2) is 63.4 Å². The van der Waals surface area contributed by atoms with Gasteiger partial charge in [-0.3, -0.25) is 14.2 Å². The molecule has 0 atom stereocenters. The Balaban J connectivity index is 1.55. The van der Waals surface area contributed by atoms with Gasteiger partial charge in [0.15, 0.2) is 5.16 Å². The third-order valence-corrected chi connectivity index (χ3v) is 6.81. The number of aryl methyl sites for hydroxylation is 1. The fourth-order valence-electron chi connectivity index (χ4n) is 3.29. The number of amides is 1. The molecule has 32 heavy (non-hydrogen) atoms. The fraction of sp³-hybridized carbons (Fsp3) is 0.261. The van der Waals surface area contributed by atoms with Gasteiger partial charge in [0.2, 0.25) is 5.91 Å². The molecule has 2 heterocycles. The Kier molecular flexibility index (Phi) is 7.06. The van der Waals surface area contributed by atoms with E-state index in [1.165, 1.54) is 23.5 Å². The van der Waals surface area contributed by atoms with E-state index < -0.39 is 0 Å². The third kappa shape index (κ3) is 4.94. The highest BCUT2D eigenvalue weighted by atomic mass is 32.2. The van der Waals surface area contributed by atoms with Crippen LogP contribution < -0.4 is 20.3 Å². The van der Waals surface area contributed by atoms with Crippen molar-refractivity contribution in [3.8, 4) is 17.2 Å². The molecule has 1 aromatic heterocycles. The first-order chi connectivity index (χ1) is 15.6. The molecular formula is C23H23N3O4S2. The molecule has 1 amide bonds. The number of carbonyl (C=O) groups excluding carboxylic acids is 1. The Morgan fingerprint density at radius 2 is 2.03 bits per heavy atom. The lowest BCUT2D eigenvalue weighted by molar-refractivity contribution is -0.113. The molecule has 0 saturated carbocycles. The highest BCUT2D eigenvalue weighted by Crippen LogP contribution is 2.30. The average molecular weight is 470 g/mol. The SMILES string of the molecule is CCOc1ccc(NC(=O)CSc2nc3c(c(=O)n2-c2cccc(OC)c2)SCC3)cc1. The number of benzene rings is 2. The van der Waals surface area contributed by atoms with Crippen LogP contribution in [0.4, 0.5) is 5.69 Å². The molecule has 166 valence electrons. The van der Waals surface area contributed by atoms with E-state index in [1.54, 1.807) is 29.9 Å². The lowest BCUT2D eigenvalue weighted by Crippen LogP contribution is -2.24. The van der Waals surface area contributed by atoms with E-state index in [-0.39, 0.29) is 17.2 Å². The summed E-state index contributed by atoms with van der Waals surface area (Å²) in [6.45, 7) is 2.51. The Hall–Kier alpha value is -2.91. The molecule has 0 aliphatic carbocycles. The number of rotatable bonds is 8. The highest BCUT2D eigenvalue weighted by Gasteiger charge is 2.23. The van der Waals surface area contributed by atoms with Crippen molar-refractivity contribution in [1.29, 1.82) is 0 Å². The molecule has 2 aromatic carbocycles. The summed E-state index contributed by atoms with van der Waals surface area (Å²) < 4.78 is 12.3. The van der Waals surface area contributed by atoms with Gasteiger partial charge in [0, 0.05) is 23.9 Å². The van der Waals surface area contributed by atoms with E-state index >= 15 is 0 Å². The van der Waals surface area contributed by atoms with Gasteiger partial charge in [-0.1, -0.05) is 17.8 Å². The van der Waals surface area contributed by atoms with E-state index in [2.05, 4.69) is 5.32 Å². The van der Waals surface area contributed by atoms with Crippen molar-refractivity contribution < 1.29 is 14.3 Å². The number of carbonyl (C=O) groups is 1. The molecule has 0 radical (unpaired) electrons. The van der Waals surface area contributed by atoms with Gasteiger partial charge in [0.1, 0.15) is 11.5 Å². The zero-order chi connectivity index (χ0) is 22.5. The lowest BCUT2D eigenvalue weighted by atomic mass is 10.3. The average Bonchev–Trinajstić information content (AvgIpc) is 3.28. The number of methoxy groups -OCH3 is 1. The van der Waals surface area contributed by atoms with Crippen LogP contribution >= 0.6 is 23.5 Å². The fourth-order valence-corrected chi connectivity index (χ4v) is 5.15. The molecule has 4 rings (SSSR count). The van der Waals surface area contributed by atoms with E-state index in [9.17, 15) is 9.59 Å². The molecule has 0 spiro atoms. The maximum Gasteiger partial charge on any atom is 0.272 e. The van der Waals surface area contributed by atoms with Gasteiger partial charge in [-0.05, 0) is 43.3 Å². The monoisotopic (exact) mass is 469 g/mol. The zero-order valence-electron chi connectivity index (χ0n) is 17.8. The minimum Gasteiger partial charge on any atom is -0.497 e. The number of ether oxygens (including phenoxy) is 2. The van der Waals surface area contributed by atoms with Crippen LogP contribution in [0, 0.1) is 0 Å². The number of hydrogen-bond acceptors (Lipinski definition) is 7. The molecule has 0 fully saturated rings. The number of anilines is 1. The maximum atomic E-state index is 13.2. The van der Waals surface area contributed by atoms with E-state index in [0.29, 0.717) is 33.8 Å². The van der Waals surface area contributed by atoms with Gasteiger partial charge in [-0.25, -0.2) is 4.98 Å². The molecule has 7 nitrogen and oxygen atoms in total. The Labute approximate surface area is 194 Å². The topological polar surface area (TPSA) is 82.5 Å². The molecule has 1 aliphatic rings. The second-order valence-corrected chi connectivity index (χ2v) is 8.95. The molecular weight excluding hydrogens is 446 g/mol. The Morgan fingerprint density at radius 3 is 2.78 bits per heavy atom. The summed E-state index contributed by atoms with van der Waals surface area (Å²) in [5, 5.41) is 3.36. The van der Waals surface area contributed by atoms with Gasteiger partial charge < -0.3 is 14.8 Å². The summed E-state index contributed by atoms with van der Waals surface area (Å²) >= 11 is 2.77. The molecule has 1 N–H and O–H groups in total. The molecule has 0 saturated heterocycles. The minimum absolute atomic E-state index is 0.111. The molecule has 1 aliphatic heterocycles. The summed E-state index contributed by atoms with van der Waals surface area (Å²) in [7, 11) is 1.58. The second-order valence-electron chi connectivity index (χ2n) is 6.90. The van der Waals surface area contributed by atoms with Crippen LogP contribution in [0.2, 0.25) is 0 Å². The van der Waals surface area contributed by atoms with Crippen LogP contribution in [0.3, 0.4) is 0 Å². The Bertz CT molecular complexity index is 1180. The van der Waals surface area contributed by atoms with E-state index in [1.807, 2.05) is 37.3 Å². The summed E-state index contributed by atoms with van der Waals surface area (Å²) in [4.78, 5) is 31.2. The number of nitrogens with one attached hydrogen (secondary N) is 1. The predicted octanol–water partition coefficient (Wildman–Crippen LogP) is 4.02. The maximum absolute atomic E-state index is 13.2. The summed E-state index contributed by atoms with van der Waals surface area (Å²) in [5.41, 5.74) is 2.03. The van der Waals surface area contributed by atoms with Gasteiger partial charge >= 0.3 is 0 Å². The van der Waals surface area contributed by atoms with Crippen molar-refractivity contribution in [1.82, 2.24) is 9.55 Å². The Morgan fingerprint density at radius 1 is 1.22 bits per heavy atom. The number of hydrogen-bond donors (Lipinski definition) is 1. The molecule has 0 unspecified atom stereocenters. The van der Waals surface area contributed by atoms with Gasteiger partial charge in [-0.2, -0.15) is 0 Å². The van der Waals surface area contributed by atoms with Gasteiger partial charge in [0.05, 0.1) is 35.7 Å². The van der Waals surface area contributed by atoms with Crippen LogP contribution in [0.5, 0.6) is 11.5 Å². The zero-order valence-corrected chi connectivity index (χ0v) is 19.4. The smallest absolute Gasteiger partial charge is 0.272 e. The van der Waals surface area contributed by atoms with Crippen molar-refractivity contribution in [2.45, 2.75) is 23.4 Å². The van der Waals surface area contributed by atoms with Crippen molar-refractivity contribution >= 4 is 35.1 Å². The van der Waals surface area contributed by atoms with Crippen molar-refractivity contribution in [3.63, 3.8) is 0 Å². The van der Waals surface area contributed by atoms with E-state index in [4.69, 9.17) is 14.5 Å². The minimum atomic E-state index is -0.180. The van der Waals surface area contributed by atoms with Crippen molar-refractivity contribution in [3.05, 3.63) is 64.6 Å².